The fourth-order valence-corrected chi connectivity index (χ4v) is 1.63. The lowest BCUT2D eigenvalue weighted by atomic mass is 10.2. The predicted molar refractivity (Wildman–Crippen MR) is 49.0 cm³/mol. The summed E-state index contributed by atoms with van der Waals surface area (Å²) in [7, 11) is 0. The van der Waals surface area contributed by atoms with Crippen LogP contribution in [0.3, 0.4) is 0 Å². The number of hydrogen-bond donors (Lipinski definition) is 1. The van der Waals surface area contributed by atoms with Crippen LogP contribution in [0.2, 0.25) is 0 Å². The molecule has 0 radical (unpaired) electrons. The molecule has 0 aliphatic carbocycles. The SMILES string of the molecule is O=c1ncccn1[C@@H]1O[C@H](CO)C[C@H]1F. The number of halogens is 1. The maximum Gasteiger partial charge on any atom is 0.349 e. The van der Waals surface area contributed by atoms with Crippen molar-refractivity contribution < 1.29 is 14.2 Å². The summed E-state index contributed by atoms with van der Waals surface area (Å²) in [6.07, 6.45) is 0.0591. The Kier molecular flexibility index (Phi) is 2.79. The zero-order valence-electron chi connectivity index (χ0n) is 7.91. The van der Waals surface area contributed by atoms with Crippen LogP contribution in [0.1, 0.15) is 12.6 Å². The van der Waals surface area contributed by atoms with E-state index in [0.717, 1.165) is 4.57 Å². The molecule has 0 aromatic carbocycles. The van der Waals surface area contributed by atoms with Crippen molar-refractivity contribution in [3.8, 4) is 0 Å². The molecule has 0 unspecified atom stereocenters. The number of aliphatic hydroxyl groups excluding tert-OH is 1. The zero-order valence-corrected chi connectivity index (χ0v) is 7.91. The Balaban J connectivity index is 2.25. The standard InChI is InChI=1S/C9H11FN2O3/c10-7-4-6(5-13)15-8(7)12-3-1-2-11-9(12)14/h1-3,6-8,13H,4-5H2/t6-,7+,8+/m0/s1. The lowest BCUT2D eigenvalue weighted by Gasteiger charge is -2.15. The Hall–Kier alpha value is -1.27. The first-order chi connectivity index (χ1) is 7.22. The van der Waals surface area contributed by atoms with Gasteiger partial charge in [0.15, 0.2) is 6.23 Å². The third kappa shape index (κ3) is 1.91. The van der Waals surface area contributed by atoms with Crippen molar-refractivity contribution in [3.63, 3.8) is 0 Å². The van der Waals surface area contributed by atoms with Gasteiger partial charge in [0.05, 0.1) is 12.7 Å². The van der Waals surface area contributed by atoms with Gasteiger partial charge in [-0.1, -0.05) is 0 Å². The van der Waals surface area contributed by atoms with E-state index in [4.69, 9.17) is 9.84 Å². The minimum atomic E-state index is -1.29. The molecule has 0 saturated carbocycles. The summed E-state index contributed by atoms with van der Waals surface area (Å²) in [4.78, 5) is 14.8. The Labute approximate surface area is 85.1 Å². The number of hydrogen-bond acceptors (Lipinski definition) is 4. The van der Waals surface area contributed by atoms with Gasteiger partial charge in [-0.25, -0.2) is 14.2 Å². The highest BCUT2D eigenvalue weighted by atomic mass is 19.1. The van der Waals surface area contributed by atoms with Gasteiger partial charge in [0.25, 0.3) is 0 Å². The molecule has 1 saturated heterocycles. The third-order valence-corrected chi connectivity index (χ3v) is 2.35. The van der Waals surface area contributed by atoms with E-state index in [1.807, 2.05) is 0 Å². The van der Waals surface area contributed by atoms with Gasteiger partial charge in [0, 0.05) is 18.8 Å². The van der Waals surface area contributed by atoms with Crippen molar-refractivity contribution in [1.29, 1.82) is 0 Å². The average molecular weight is 214 g/mol. The zero-order chi connectivity index (χ0) is 10.8. The summed E-state index contributed by atoms with van der Waals surface area (Å²) in [6, 6.07) is 1.53. The van der Waals surface area contributed by atoms with Crippen LogP contribution in [-0.2, 0) is 4.74 Å². The molecular weight excluding hydrogens is 203 g/mol. The fourth-order valence-electron chi connectivity index (χ4n) is 1.63. The minimum Gasteiger partial charge on any atom is -0.394 e. The summed E-state index contributed by atoms with van der Waals surface area (Å²) in [5.41, 5.74) is -0.552. The maximum atomic E-state index is 13.5. The number of ether oxygens (including phenoxy) is 1. The van der Waals surface area contributed by atoms with Gasteiger partial charge < -0.3 is 9.84 Å². The highest BCUT2D eigenvalue weighted by molar-refractivity contribution is 4.88. The predicted octanol–water partition coefficient (Wildman–Crippen LogP) is -0.139. The monoisotopic (exact) mass is 214 g/mol. The Morgan fingerprint density at radius 1 is 1.73 bits per heavy atom. The first-order valence-corrected chi connectivity index (χ1v) is 4.66. The normalized spacial score (nSPS) is 30.7. The molecule has 0 amide bonds. The van der Waals surface area contributed by atoms with E-state index < -0.39 is 24.2 Å². The van der Waals surface area contributed by atoms with Gasteiger partial charge in [0.1, 0.15) is 6.17 Å². The molecule has 1 aromatic rings. The van der Waals surface area contributed by atoms with E-state index in [0.29, 0.717) is 0 Å². The van der Waals surface area contributed by atoms with Crippen LogP contribution in [0.5, 0.6) is 0 Å². The number of aromatic nitrogens is 2. The summed E-state index contributed by atoms with van der Waals surface area (Å²) in [6.45, 7) is -0.244. The first kappa shape index (κ1) is 10.3. The van der Waals surface area contributed by atoms with Crippen molar-refractivity contribution in [2.24, 2.45) is 0 Å². The van der Waals surface area contributed by atoms with Gasteiger partial charge in [-0.2, -0.15) is 0 Å². The maximum absolute atomic E-state index is 13.5. The molecule has 3 atom stereocenters. The topological polar surface area (TPSA) is 64.4 Å². The third-order valence-electron chi connectivity index (χ3n) is 2.35. The molecular formula is C9H11FN2O3. The second kappa shape index (κ2) is 4.08. The Morgan fingerprint density at radius 3 is 3.13 bits per heavy atom. The minimum absolute atomic E-state index is 0.0997. The lowest BCUT2D eigenvalue weighted by Crippen LogP contribution is -2.29. The molecule has 1 N–H and O–H groups in total. The second-order valence-electron chi connectivity index (χ2n) is 3.39. The Bertz CT molecular complexity index is 395. The van der Waals surface area contributed by atoms with Gasteiger partial charge in [-0.15, -0.1) is 0 Å². The van der Waals surface area contributed by atoms with Crippen molar-refractivity contribution in [1.82, 2.24) is 9.55 Å². The second-order valence-corrected chi connectivity index (χ2v) is 3.39. The quantitative estimate of drug-likeness (QED) is 0.744. The van der Waals surface area contributed by atoms with Crippen molar-refractivity contribution in [3.05, 3.63) is 28.9 Å². The molecule has 0 bridgehead atoms. The van der Waals surface area contributed by atoms with Crippen LogP contribution in [-0.4, -0.2) is 33.5 Å². The highest BCUT2D eigenvalue weighted by Gasteiger charge is 2.36. The molecule has 1 aliphatic rings. The summed E-state index contributed by atoms with van der Waals surface area (Å²) < 4.78 is 19.8. The first-order valence-electron chi connectivity index (χ1n) is 4.66. The van der Waals surface area contributed by atoms with E-state index in [1.54, 1.807) is 0 Å². The van der Waals surface area contributed by atoms with Crippen molar-refractivity contribution in [2.45, 2.75) is 24.9 Å². The van der Waals surface area contributed by atoms with Gasteiger partial charge >= 0.3 is 5.69 Å². The molecule has 1 fully saturated rings. The number of rotatable bonds is 2. The van der Waals surface area contributed by atoms with E-state index in [9.17, 15) is 9.18 Å². The van der Waals surface area contributed by atoms with E-state index >= 15 is 0 Å². The number of aliphatic hydroxyl groups is 1. The Morgan fingerprint density at radius 2 is 2.53 bits per heavy atom. The fraction of sp³-hybridized carbons (Fsp3) is 0.556. The summed E-state index contributed by atoms with van der Waals surface area (Å²) in [5.74, 6) is 0. The molecule has 1 aromatic heterocycles. The van der Waals surface area contributed by atoms with E-state index in [1.165, 1.54) is 18.5 Å². The van der Waals surface area contributed by atoms with Crippen LogP contribution in [0, 0.1) is 0 Å². The smallest absolute Gasteiger partial charge is 0.349 e. The lowest BCUT2D eigenvalue weighted by molar-refractivity contribution is -0.0393. The molecule has 82 valence electrons. The largest absolute Gasteiger partial charge is 0.394 e. The molecule has 2 heterocycles. The molecule has 6 heteroatoms. The van der Waals surface area contributed by atoms with E-state index in [-0.39, 0.29) is 13.0 Å². The molecule has 1 aliphatic heterocycles. The average Bonchev–Trinajstić information content (AvgIpc) is 2.60. The molecule has 2 rings (SSSR count). The number of nitrogens with zero attached hydrogens (tertiary/aromatic N) is 2. The van der Waals surface area contributed by atoms with Crippen LogP contribution in [0.15, 0.2) is 23.3 Å². The van der Waals surface area contributed by atoms with E-state index in [2.05, 4.69) is 4.98 Å². The molecule has 5 nitrogen and oxygen atoms in total. The van der Waals surface area contributed by atoms with Crippen LogP contribution in [0.4, 0.5) is 4.39 Å². The van der Waals surface area contributed by atoms with Gasteiger partial charge in [0.2, 0.25) is 0 Å². The summed E-state index contributed by atoms with van der Waals surface area (Å²) >= 11 is 0. The molecule has 0 spiro atoms. The van der Waals surface area contributed by atoms with Crippen LogP contribution in [0.25, 0.3) is 0 Å². The highest BCUT2D eigenvalue weighted by Crippen LogP contribution is 2.29. The summed E-state index contributed by atoms with van der Waals surface area (Å²) in [5, 5.41) is 8.82. The number of alkyl halides is 1. The van der Waals surface area contributed by atoms with Gasteiger partial charge in [-0.05, 0) is 6.07 Å². The van der Waals surface area contributed by atoms with Crippen LogP contribution < -0.4 is 5.69 Å². The van der Waals surface area contributed by atoms with Gasteiger partial charge in [-0.3, -0.25) is 4.57 Å². The molecule has 15 heavy (non-hydrogen) atoms. The van der Waals surface area contributed by atoms with Crippen LogP contribution >= 0.6 is 0 Å². The van der Waals surface area contributed by atoms with Crippen molar-refractivity contribution in [2.75, 3.05) is 6.61 Å². The van der Waals surface area contributed by atoms with Crippen molar-refractivity contribution >= 4 is 0 Å².